The van der Waals surface area contributed by atoms with Crippen LogP contribution in [0.5, 0.6) is 5.75 Å². The van der Waals surface area contributed by atoms with Gasteiger partial charge in [-0.15, -0.1) is 0 Å². The zero-order chi connectivity index (χ0) is 32.0. The molecule has 2 aromatic rings. The van der Waals surface area contributed by atoms with Gasteiger partial charge in [0.1, 0.15) is 17.3 Å². The summed E-state index contributed by atoms with van der Waals surface area (Å²) in [6.07, 6.45) is 4.04. The number of unbranched alkanes of at least 4 members (excludes halogenated alkanes) is 1. The van der Waals surface area contributed by atoms with Crippen LogP contribution in [-0.2, 0) is 27.3 Å². The van der Waals surface area contributed by atoms with E-state index in [1.165, 1.54) is 5.56 Å². The molecule has 1 unspecified atom stereocenters. The summed E-state index contributed by atoms with van der Waals surface area (Å²) in [5, 5.41) is 16.8. The van der Waals surface area contributed by atoms with Crippen molar-refractivity contribution in [2.45, 2.75) is 76.1 Å². The molecule has 5 rings (SSSR count). The number of likely N-dealkylation sites (tertiary alicyclic amines) is 1. The maximum atomic E-state index is 13.9. The predicted octanol–water partition coefficient (Wildman–Crippen LogP) is 2.89. The number of carbonyl (C=O) groups is 3. The lowest BCUT2D eigenvalue weighted by atomic mass is 9.79. The lowest BCUT2D eigenvalue weighted by Crippen LogP contribution is -2.75. The molecular weight excluding hydrogens is 572 g/mol. The Kier molecular flexibility index (Phi) is 10.8. The summed E-state index contributed by atoms with van der Waals surface area (Å²) in [7, 11) is 3.22. The quantitative estimate of drug-likeness (QED) is 0.354. The number of carbonyl (C=O) groups excluding carboxylic acids is 3. The van der Waals surface area contributed by atoms with Crippen LogP contribution in [0.15, 0.2) is 42.5 Å². The van der Waals surface area contributed by atoms with Crippen LogP contribution in [0, 0.1) is 5.92 Å². The number of nitrogens with zero attached hydrogens (tertiary/aromatic N) is 2. The SMILES string of the molecule is CCCCN1C(=O)[C@@H](C(O)C2CCOCC2)NC(=O)C12CCN(Cc1ccc(Cc3ccc(C(=O)NC)cc3OC)cc1)CC2. The van der Waals surface area contributed by atoms with E-state index in [1.807, 2.05) is 17.0 Å². The monoisotopic (exact) mass is 620 g/mol. The maximum Gasteiger partial charge on any atom is 0.251 e. The van der Waals surface area contributed by atoms with E-state index in [9.17, 15) is 19.5 Å². The van der Waals surface area contributed by atoms with Crippen molar-refractivity contribution in [3.05, 3.63) is 64.7 Å². The first kappa shape index (κ1) is 32.9. The molecule has 10 nitrogen and oxygen atoms in total. The minimum atomic E-state index is -0.905. The zero-order valence-corrected chi connectivity index (χ0v) is 26.8. The van der Waals surface area contributed by atoms with Gasteiger partial charge in [0.2, 0.25) is 11.8 Å². The lowest BCUT2D eigenvalue weighted by molar-refractivity contribution is -0.166. The highest BCUT2D eigenvalue weighted by Gasteiger charge is 2.55. The largest absolute Gasteiger partial charge is 0.496 e. The Morgan fingerprint density at radius 1 is 1.11 bits per heavy atom. The molecule has 3 amide bonds. The normalized spacial score (nSPS) is 21.4. The van der Waals surface area contributed by atoms with Gasteiger partial charge in [-0.1, -0.05) is 43.7 Å². The van der Waals surface area contributed by atoms with Crippen molar-refractivity contribution >= 4 is 17.7 Å². The van der Waals surface area contributed by atoms with Crippen molar-refractivity contribution in [3.63, 3.8) is 0 Å². The molecule has 45 heavy (non-hydrogen) atoms. The number of hydrogen-bond acceptors (Lipinski definition) is 7. The van der Waals surface area contributed by atoms with Gasteiger partial charge < -0.3 is 30.1 Å². The molecule has 0 aromatic heterocycles. The van der Waals surface area contributed by atoms with Gasteiger partial charge in [0.05, 0.1) is 13.2 Å². The molecule has 3 saturated heterocycles. The van der Waals surface area contributed by atoms with Crippen LogP contribution in [0.4, 0.5) is 0 Å². The molecule has 3 fully saturated rings. The van der Waals surface area contributed by atoms with E-state index in [0.29, 0.717) is 76.3 Å². The molecule has 3 N–H and O–H groups in total. The zero-order valence-electron chi connectivity index (χ0n) is 26.8. The summed E-state index contributed by atoms with van der Waals surface area (Å²) in [6, 6.07) is 13.1. The van der Waals surface area contributed by atoms with Gasteiger partial charge in [-0.25, -0.2) is 0 Å². The van der Waals surface area contributed by atoms with Crippen LogP contribution in [-0.4, -0.2) is 97.3 Å². The molecule has 3 aliphatic rings. The molecule has 0 radical (unpaired) electrons. The summed E-state index contributed by atoms with van der Waals surface area (Å²) in [4.78, 5) is 43.8. The smallest absolute Gasteiger partial charge is 0.251 e. The highest BCUT2D eigenvalue weighted by atomic mass is 16.5. The van der Waals surface area contributed by atoms with Gasteiger partial charge in [0, 0.05) is 58.4 Å². The molecule has 0 saturated carbocycles. The van der Waals surface area contributed by atoms with Crippen molar-refractivity contribution in [2.75, 3.05) is 47.0 Å². The number of hydrogen-bond donors (Lipinski definition) is 3. The van der Waals surface area contributed by atoms with Gasteiger partial charge in [-0.05, 0) is 66.8 Å². The van der Waals surface area contributed by atoms with Crippen LogP contribution in [0.3, 0.4) is 0 Å². The number of methoxy groups -OCH3 is 1. The van der Waals surface area contributed by atoms with E-state index >= 15 is 0 Å². The highest BCUT2D eigenvalue weighted by Crippen LogP contribution is 2.36. The van der Waals surface area contributed by atoms with Crippen LogP contribution < -0.4 is 15.4 Å². The number of rotatable bonds is 11. The average Bonchev–Trinajstić information content (AvgIpc) is 3.08. The number of amides is 3. The standard InChI is InChI=1S/C35H48N4O6/c1-4-5-16-39-33(42)30(31(40)26-12-19-45-20-13-26)37-34(43)35(39)14-17-38(18-15-35)23-25-8-6-24(7-9-25)21-27-10-11-28(32(41)36-2)22-29(27)44-3/h6-11,22,26,30-31,40H,4-5,12-21,23H2,1-3H3,(H,36,41)(H,37,43)/t30-,31?/m1/s1. The Hall–Kier alpha value is -3.47. The fraction of sp³-hybridized carbons (Fsp3) is 0.571. The Morgan fingerprint density at radius 2 is 1.80 bits per heavy atom. The first-order valence-electron chi connectivity index (χ1n) is 16.4. The Balaban J connectivity index is 1.21. The van der Waals surface area contributed by atoms with Gasteiger partial charge in [-0.3, -0.25) is 19.3 Å². The number of nitrogens with one attached hydrogen (secondary N) is 2. The molecule has 0 aliphatic carbocycles. The number of piperidine rings is 1. The number of aliphatic hydroxyl groups is 1. The molecular formula is C35H48N4O6. The number of benzene rings is 2. The molecule has 3 aliphatic heterocycles. The third kappa shape index (κ3) is 7.18. The van der Waals surface area contributed by atoms with Crippen LogP contribution in [0.25, 0.3) is 0 Å². The van der Waals surface area contributed by atoms with E-state index in [0.717, 1.165) is 30.5 Å². The lowest BCUT2D eigenvalue weighted by Gasteiger charge is -2.52. The minimum absolute atomic E-state index is 0.0556. The van der Waals surface area contributed by atoms with E-state index < -0.39 is 17.7 Å². The molecule has 1 spiro atoms. The molecule has 0 bridgehead atoms. The fourth-order valence-electron chi connectivity index (χ4n) is 7.03. The summed E-state index contributed by atoms with van der Waals surface area (Å²) < 4.78 is 11.0. The van der Waals surface area contributed by atoms with Crippen LogP contribution >= 0.6 is 0 Å². The van der Waals surface area contributed by atoms with Gasteiger partial charge in [-0.2, -0.15) is 0 Å². The highest BCUT2D eigenvalue weighted by molar-refractivity contribution is 6.00. The first-order chi connectivity index (χ1) is 21.8. The van der Waals surface area contributed by atoms with Crippen molar-refractivity contribution in [2.24, 2.45) is 5.92 Å². The second-order valence-electron chi connectivity index (χ2n) is 12.6. The third-order valence-corrected chi connectivity index (χ3v) is 9.87. The number of aliphatic hydroxyl groups excluding tert-OH is 1. The van der Waals surface area contributed by atoms with Gasteiger partial charge >= 0.3 is 0 Å². The summed E-state index contributed by atoms with van der Waals surface area (Å²) in [5.74, 6) is 0.207. The van der Waals surface area contributed by atoms with Crippen molar-refractivity contribution in [3.8, 4) is 5.75 Å². The average molecular weight is 621 g/mol. The van der Waals surface area contributed by atoms with Crippen LogP contribution in [0.2, 0.25) is 0 Å². The predicted molar refractivity (Wildman–Crippen MR) is 171 cm³/mol. The Morgan fingerprint density at radius 3 is 2.44 bits per heavy atom. The molecule has 2 aromatic carbocycles. The first-order valence-corrected chi connectivity index (χ1v) is 16.4. The molecule has 2 atom stereocenters. The van der Waals surface area contributed by atoms with Crippen molar-refractivity contribution in [1.29, 1.82) is 0 Å². The van der Waals surface area contributed by atoms with Crippen molar-refractivity contribution < 1.29 is 29.0 Å². The topological polar surface area (TPSA) is 120 Å². The van der Waals surface area contributed by atoms with E-state index in [-0.39, 0.29) is 23.6 Å². The van der Waals surface area contributed by atoms with Crippen molar-refractivity contribution in [1.82, 2.24) is 20.4 Å². The molecule has 10 heteroatoms. The maximum absolute atomic E-state index is 13.9. The molecule has 244 valence electrons. The summed E-state index contributed by atoms with van der Waals surface area (Å²) in [6.45, 7) is 5.92. The van der Waals surface area contributed by atoms with Gasteiger partial charge in [0.25, 0.3) is 5.91 Å². The van der Waals surface area contributed by atoms with E-state index in [1.54, 1.807) is 20.2 Å². The summed E-state index contributed by atoms with van der Waals surface area (Å²) >= 11 is 0. The summed E-state index contributed by atoms with van der Waals surface area (Å²) in [5.41, 5.74) is 3.03. The van der Waals surface area contributed by atoms with Gasteiger partial charge in [0.15, 0.2) is 0 Å². The molecule has 3 heterocycles. The van der Waals surface area contributed by atoms with E-state index in [2.05, 4.69) is 46.7 Å². The number of ether oxygens (including phenoxy) is 2. The van der Waals surface area contributed by atoms with E-state index in [4.69, 9.17) is 9.47 Å². The minimum Gasteiger partial charge on any atom is -0.496 e. The Bertz CT molecular complexity index is 1330. The fourth-order valence-corrected chi connectivity index (χ4v) is 7.03. The number of piperazine rings is 1. The Labute approximate surface area is 266 Å². The third-order valence-electron chi connectivity index (χ3n) is 9.87. The van der Waals surface area contributed by atoms with Crippen LogP contribution in [0.1, 0.15) is 72.5 Å². The second kappa shape index (κ2) is 14.7. The second-order valence-corrected chi connectivity index (χ2v) is 12.6.